The third-order valence-corrected chi connectivity index (χ3v) is 7.69. The number of quaternary nitrogens is 1. The number of hydrogen-bond acceptors (Lipinski definition) is 0. The Morgan fingerprint density at radius 3 is 0.727 bits per heavy atom. The Kier molecular flexibility index (Phi) is 31.4. The normalized spacial score (nSPS) is 11.6. The van der Waals surface area contributed by atoms with Crippen LogP contribution in [-0.2, 0) is 0 Å². The second kappa shape index (κ2) is 28.9. The largest absolute Gasteiger partial charge is 1.00 e. The second-order valence-electron chi connectivity index (χ2n) is 11.0. The van der Waals surface area contributed by atoms with Crippen molar-refractivity contribution >= 4 is 0 Å². The average Bonchev–Trinajstić information content (AvgIpc) is 2.80. The molecule has 0 aliphatic carbocycles. The summed E-state index contributed by atoms with van der Waals surface area (Å²) in [4.78, 5) is 0. The SMILES string of the molecule is CCCCCCCCCCCCCCCC[N+](CCCCC)(CCCCC)CCCCC.[I-]. The lowest BCUT2D eigenvalue weighted by atomic mass is 10.0. The van der Waals surface area contributed by atoms with Crippen molar-refractivity contribution in [3.05, 3.63) is 0 Å². The fourth-order valence-electron chi connectivity index (χ4n) is 5.40. The molecule has 0 aromatic heterocycles. The summed E-state index contributed by atoms with van der Waals surface area (Å²) >= 11 is 0. The summed E-state index contributed by atoms with van der Waals surface area (Å²) in [6, 6.07) is 0. The van der Waals surface area contributed by atoms with Crippen LogP contribution < -0.4 is 24.0 Å². The summed E-state index contributed by atoms with van der Waals surface area (Å²) in [6.07, 6.45) is 33.3. The van der Waals surface area contributed by atoms with E-state index in [2.05, 4.69) is 27.7 Å². The summed E-state index contributed by atoms with van der Waals surface area (Å²) < 4.78 is 1.46. The van der Waals surface area contributed by atoms with E-state index in [-0.39, 0.29) is 24.0 Å². The Hall–Kier alpha value is 0.690. The minimum Gasteiger partial charge on any atom is -1.00 e. The van der Waals surface area contributed by atoms with Gasteiger partial charge >= 0.3 is 0 Å². The van der Waals surface area contributed by atoms with Crippen LogP contribution in [0.5, 0.6) is 0 Å². The first kappa shape index (κ1) is 35.8. The highest BCUT2D eigenvalue weighted by atomic mass is 127. The van der Waals surface area contributed by atoms with Crippen molar-refractivity contribution in [1.29, 1.82) is 0 Å². The highest BCUT2D eigenvalue weighted by molar-refractivity contribution is 4.53. The van der Waals surface area contributed by atoms with Crippen LogP contribution >= 0.6 is 0 Å². The Morgan fingerprint density at radius 1 is 0.273 bits per heavy atom. The standard InChI is InChI=1S/C31H66N.HI/c1-5-9-13-14-15-16-17-18-19-20-21-22-23-27-31-32(28-24-10-6-2,29-25-11-7-3)30-26-12-8-4;/h5-31H2,1-4H3;1H/q+1;/p-1. The molecule has 0 aliphatic rings. The molecule has 0 rings (SSSR count). The molecule has 2 heteroatoms. The van der Waals surface area contributed by atoms with E-state index in [9.17, 15) is 0 Å². The lowest BCUT2D eigenvalue weighted by Gasteiger charge is -2.39. The zero-order chi connectivity index (χ0) is 23.6. The monoisotopic (exact) mass is 579 g/mol. The van der Waals surface area contributed by atoms with Crippen molar-refractivity contribution in [3.63, 3.8) is 0 Å². The smallest absolute Gasteiger partial charge is 0.0786 e. The molecule has 1 nitrogen and oxygen atoms in total. The van der Waals surface area contributed by atoms with Gasteiger partial charge in [0.05, 0.1) is 26.2 Å². The molecule has 0 unspecified atom stereocenters. The molecule has 0 amide bonds. The molecule has 0 heterocycles. The Labute approximate surface area is 229 Å². The number of rotatable bonds is 27. The number of unbranched alkanes of at least 4 members (excludes halogenated alkanes) is 19. The molecule has 0 spiro atoms. The van der Waals surface area contributed by atoms with E-state index in [4.69, 9.17) is 0 Å². The molecular formula is C31H66IN. The first-order valence-corrected chi connectivity index (χ1v) is 15.6. The molecule has 0 radical (unpaired) electrons. The van der Waals surface area contributed by atoms with Gasteiger partial charge in [0.15, 0.2) is 0 Å². The molecule has 0 aromatic rings. The quantitative estimate of drug-likeness (QED) is 0.0528. The first-order valence-electron chi connectivity index (χ1n) is 15.6. The molecule has 0 aliphatic heterocycles. The van der Waals surface area contributed by atoms with Gasteiger partial charge in [0, 0.05) is 0 Å². The van der Waals surface area contributed by atoms with E-state index in [0.29, 0.717) is 0 Å². The molecule has 0 N–H and O–H groups in total. The highest BCUT2D eigenvalue weighted by Gasteiger charge is 2.25. The van der Waals surface area contributed by atoms with Crippen LogP contribution in [0.25, 0.3) is 0 Å². The topological polar surface area (TPSA) is 0 Å². The minimum absolute atomic E-state index is 0. The van der Waals surface area contributed by atoms with Crippen molar-refractivity contribution in [3.8, 4) is 0 Å². The van der Waals surface area contributed by atoms with Gasteiger partial charge in [-0.25, -0.2) is 0 Å². The maximum absolute atomic E-state index is 2.36. The van der Waals surface area contributed by atoms with Gasteiger partial charge in [-0.1, -0.05) is 124 Å². The van der Waals surface area contributed by atoms with Gasteiger partial charge in [-0.3, -0.25) is 0 Å². The molecular weight excluding hydrogens is 513 g/mol. The fraction of sp³-hybridized carbons (Fsp3) is 1.00. The van der Waals surface area contributed by atoms with E-state index in [0.717, 1.165) is 0 Å². The molecule has 202 valence electrons. The summed E-state index contributed by atoms with van der Waals surface area (Å²) in [5, 5.41) is 0. The van der Waals surface area contributed by atoms with Crippen molar-refractivity contribution in [2.45, 2.75) is 175 Å². The van der Waals surface area contributed by atoms with Gasteiger partial charge in [-0.05, 0) is 51.4 Å². The third-order valence-electron chi connectivity index (χ3n) is 7.69. The molecule has 0 bridgehead atoms. The van der Waals surface area contributed by atoms with E-state index < -0.39 is 0 Å². The summed E-state index contributed by atoms with van der Waals surface area (Å²) in [7, 11) is 0. The zero-order valence-corrected chi connectivity index (χ0v) is 26.1. The third kappa shape index (κ3) is 24.2. The average molecular weight is 580 g/mol. The van der Waals surface area contributed by atoms with Crippen molar-refractivity contribution in [1.82, 2.24) is 0 Å². The van der Waals surface area contributed by atoms with Crippen molar-refractivity contribution < 1.29 is 28.5 Å². The van der Waals surface area contributed by atoms with Crippen LogP contribution in [0.1, 0.15) is 175 Å². The van der Waals surface area contributed by atoms with Crippen molar-refractivity contribution in [2.24, 2.45) is 0 Å². The molecule has 0 saturated heterocycles. The van der Waals surface area contributed by atoms with Gasteiger partial charge in [0.2, 0.25) is 0 Å². The maximum atomic E-state index is 2.36. The summed E-state index contributed by atoms with van der Waals surface area (Å²) in [6.45, 7) is 15.2. The van der Waals surface area contributed by atoms with E-state index >= 15 is 0 Å². The van der Waals surface area contributed by atoms with E-state index in [1.165, 1.54) is 178 Å². The molecule has 0 saturated carbocycles. The highest BCUT2D eigenvalue weighted by Crippen LogP contribution is 2.19. The van der Waals surface area contributed by atoms with Crippen LogP contribution in [0.2, 0.25) is 0 Å². The summed E-state index contributed by atoms with van der Waals surface area (Å²) in [5.74, 6) is 0. The van der Waals surface area contributed by atoms with Crippen LogP contribution in [0.15, 0.2) is 0 Å². The minimum atomic E-state index is 0. The fourth-order valence-corrected chi connectivity index (χ4v) is 5.40. The molecule has 0 atom stereocenters. The Balaban J connectivity index is 0. The van der Waals surface area contributed by atoms with Crippen molar-refractivity contribution in [2.75, 3.05) is 26.2 Å². The molecule has 33 heavy (non-hydrogen) atoms. The Morgan fingerprint density at radius 2 is 0.455 bits per heavy atom. The van der Waals surface area contributed by atoms with Crippen LogP contribution in [0.4, 0.5) is 0 Å². The predicted molar refractivity (Wildman–Crippen MR) is 149 cm³/mol. The number of hydrogen-bond donors (Lipinski definition) is 0. The zero-order valence-electron chi connectivity index (χ0n) is 23.9. The first-order chi connectivity index (χ1) is 15.7. The van der Waals surface area contributed by atoms with E-state index in [1.807, 2.05) is 0 Å². The lowest BCUT2D eigenvalue weighted by Crippen LogP contribution is -3.00. The van der Waals surface area contributed by atoms with Gasteiger partial charge in [-0.15, -0.1) is 0 Å². The molecule has 0 fully saturated rings. The van der Waals surface area contributed by atoms with Crippen LogP contribution in [0, 0.1) is 0 Å². The second-order valence-corrected chi connectivity index (χ2v) is 11.0. The Bertz CT molecular complexity index is 317. The number of halogens is 1. The van der Waals surface area contributed by atoms with Gasteiger partial charge in [0.1, 0.15) is 0 Å². The van der Waals surface area contributed by atoms with Gasteiger partial charge < -0.3 is 28.5 Å². The maximum Gasteiger partial charge on any atom is 0.0786 e. The summed E-state index contributed by atoms with van der Waals surface area (Å²) in [5.41, 5.74) is 0. The number of nitrogens with zero attached hydrogens (tertiary/aromatic N) is 1. The van der Waals surface area contributed by atoms with Gasteiger partial charge in [0.25, 0.3) is 0 Å². The van der Waals surface area contributed by atoms with Gasteiger partial charge in [-0.2, -0.15) is 0 Å². The van der Waals surface area contributed by atoms with E-state index in [1.54, 1.807) is 0 Å². The molecule has 0 aromatic carbocycles. The van der Waals surface area contributed by atoms with Crippen LogP contribution in [-0.4, -0.2) is 30.7 Å². The van der Waals surface area contributed by atoms with Crippen LogP contribution in [0.3, 0.4) is 0 Å². The lowest BCUT2D eigenvalue weighted by molar-refractivity contribution is -0.929. The predicted octanol–water partition coefficient (Wildman–Crippen LogP) is 7.86.